The minimum absolute atomic E-state index is 0.0105. The van der Waals surface area contributed by atoms with E-state index in [0.717, 1.165) is 24.4 Å². The van der Waals surface area contributed by atoms with Crippen molar-refractivity contribution in [3.05, 3.63) is 36.2 Å². The van der Waals surface area contributed by atoms with Crippen LogP contribution >= 0.6 is 11.8 Å². The van der Waals surface area contributed by atoms with Gasteiger partial charge in [0.15, 0.2) is 5.16 Å². The van der Waals surface area contributed by atoms with Crippen LogP contribution in [0.15, 0.2) is 35.5 Å². The zero-order chi connectivity index (χ0) is 20.7. The maximum absolute atomic E-state index is 10.9. The van der Waals surface area contributed by atoms with Gasteiger partial charge in [0, 0.05) is 12.1 Å². The summed E-state index contributed by atoms with van der Waals surface area (Å²) in [6.45, 7) is 2.26. The standard InChI is InChI=1S/C23H35N3O2S/c1-2-3-4-5-6-7-8-9-10-11-15-18-21-24-25-23(29-19-22(27)28)26(21)20-16-13-12-14-17-20/h12-14,16-17H,2-11,15,18-19H2,1H3,(H,27,28). The molecule has 29 heavy (non-hydrogen) atoms. The number of aryl methyl sites for hydroxylation is 1. The van der Waals surface area contributed by atoms with E-state index in [1.54, 1.807) is 0 Å². The molecule has 0 aliphatic heterocycles. The number of nitrogens with zero attached hydrogens (tertiary/aromatic N) is 3. The zero-order valence-electron chi connectivity index (χ0n) is 17.7. The number of hydrogen-bond donors (Lipinski definition) is 1. The number of hydrogen-bond acceptors (Lipinski definition) is 4. The molecule has 0 bridgehead atoms. The van der Waals surface area contributed by atoms with E-state index in [-0.39, 0.29) is 5.75 Å². The highest BCUT2D eigenvalue weighted by Gasteiger charge is 2.15. The Bertz CT molecular complexity index is 703. The van der Waals surface area contributed by atoms with E-state index in [0.29, 0.717) is 5.16 Å². The van der Waals surface area contributed by atoms with Crippen LogP contribution in [-0.2, 0) is 11.2 Å². The highest BCUT2D eigenvalue weighted by atomic mass is 32.2. The summed E-state index contributed by atoms with van der Waals surface area (Å²) in [6, 6.07) is 9.96. The first-order chi connectivity index (χ1) is 14.2. The summed E-state index contributed by atoms with van der Waals surface area (Å²) in [7, 11) is 0. The SMILES string of the molecule is CCCCCCCCCCCCCc1nnc(SCC(=O)O)n1-c1ccccc1. The third-order valence-corrected chi connectivity index (χ3v) is 5.96. The van der Waals surface area contributed by atoms with Crippen LogP contribution in [0.5, 0.6) is 0 Å². The van der Waals surface area contributed by atoms with Gasteiger partial charge in [-0.1, -0.05) is 101 Å². The Morgan fingerprint density at radius 3 is 2.07 bits per heavy atom. The van der Waals surface area contributed by atoms with Gasteiger partial charge in [-0.05, 0) is 18.6 Å². The van der Waals surface area contributed by atoms with Crippen LogP contribution in [0, 0.1) is 0 Å². The topological polar surface area (TPSA) is 68.0 Å². The predicted molar refractivity (Wildman–Crippen MR) is 120 cm³/mol. The molecule has 5 nitrogen and oxygen atoms in total. The van der Waals surface area contributed by atoms with Crippen LogP contribution in [0.4, 0.5) is 0 Å². The molecule has 0 aliphatic rings. The summed E-state index contributed by atoms with van der Waals surface area (Å²) in [6.07, 6.45) is 15.3. The number of thioether (sulfide) groups is 1. The van der Waals surface area contributed by atoms with E-state index in [2.05, 4.69) is 17.1 Å². The largest absolute Gasteiger partial charge is 0.481 e. The van der Waals surface area contributed by atoms with Crippen molar-refractivity contribution in [2.75, 3.05) is 5.75 Å². The van der Waals surface area contributed by atoms with Gasteiger partial charge in [-0.3, -0.25) is 9.36 Å². The Hall–Kier alpha value is -1.82. The van der Waals surface area contributed by atoms with Gasteiger partial charge >= 0.3 is 5.97 Å². The third kappa shape index (κ3) is 9.03. The fourth-order valence-electron chi connectivity index (χ4n) is 3.47. The van der Waals surface area contributed by atoms with Crippen LogP contribution in [0.1, 0.15) is 83.4 Å². The molecule has 0 atom stereocenters. The van der Waals surface area contributed by atoms with Crippen molar-refractivity contribution in [1.82, 2.24) is 14.8 Å². The summed E-state index contributed by atoms with van der Waals surface area (Å²) in [4.78, 5) is 10.9. The number of carboxylic acid groups (broad SMARTS) is 1. The maximum Gasteiger partial charge on any atom is 0.313 e. The number of aromatic nitrogens is 3. The lowest BCUT2D eigenvalue weighted by molar-refractivity contribution is -0.133. The van der Waals surface area contributed by atoms with E-state index in [9.17, 15) is 4.79 Å². The first-order valence-electron chi connectivity index (χ1n) is 11.1. The second-order valence-corrected chi connectivity index (χ2v) is 8.48. The van der Waals surface area contributed by atoms with E-state index in [1.807, 2.05) is 34.9 Å². The average Bonchev–Trinajstić information content (AvgIpc) is 3.14. The van der Waals surface area contributed by atoms with Crippen molar-refractivity contribution in [1.29, 1.82) is 0 Å². The number of carbonyl (C=O) groups is 1. The number of unbranched alkanes of at least 4 members (excludes halogenated alkanes) is 10. The first-order valence-corrected chi connectivity index (χ1v) is 12.0. The second kappa shape index (κ2) is 14.2. The molecule has 1 heterocycles. The highest BCUT2D eigenvalue weighted by molar-refractivity contribution is 7.99. The van der Waals surface area contributed by atoms with E-state index in [4.69, 9.17) is 5.11 Å². The van der Waals surface area contributed by atoms with Crippen LogP contribution in [0.2, 0.25) is 0 Å². The van der Waals surface area contributed by atoms with Crippen molar-refractivity contribution in [3.63, 3.8) is 0 Å². The van der Waals surface area contributed by atoms with Gasteiger partial charge in [0.25, 0.3) is 0 Å². The molecule has 0 fully saturated rings. The zero-order valence-corrected chi connectivity index (χ0v) is 18.5. The van der Waals surface area contributed by atoms with Gasteiger partial charge < -0.3 is 5.11 Å². The molecule has 1 N–H and O–H groups in total. The minimum Gasteiger partial charge on any atom is -0.481 e. The van der Waals surface area contributed by atoms with E-state index in [1.165, 1.54) is 76.0 Å². The monoisotopic (exact) mass is 417 g/mol. The molecule has 0 unspecified atom stereocenters. The van der Waals surface area contributed by atoms with Gasteiger partial charge in [0.05, 0.1) is 5.75 Å². The molecule has 2 rings (SSSR count). The molecule has 0 spiro atoms. The Kier molecular flexibility index (Phi) is 11.5. The van der Waals surface area contributed by atoms with Gasteiger partial charge in [-0.15, -0.1) is 10.2 Å². The Balaban J connectivity index is 1.75. The Labute approximate surface area is 179 Å². The molecule has 2 aromatic rings. The fraction of sp³-hybridized carbons (Fsp3) is 0.609. The van der Waals surface area contributed by atoms with Gasteiger partial charge in [0.2, 0.25) is 0 Å². The normalized spacial score (nSPS) is 11.1. The van der Waals surface area contributed by atoms with Crippen molar-refractivity contribution in [2.45, 2.75) is 89.1 Å². The molecule has 0 amide bonds. The second-order valence-electron chi connectivity index (χ2n) is 7.54. The molecular formula is C23H35N3O2S. The molecule has 0 saturated carbocycles. The molecule has 0 saturated heterocycles. The van der Waals surface area contributed by atoms with Gasteiger partial charge in [0.1, 0.15) is 5.82 Å². The van der Waals surface area contributed by atoms with Crippen molar-refractivity contribution < 1.29 is 9.90 Å². The molecule has 0 radical (unpaired) electrons. The Morgan fingerprint density at radius 1 is 0.897 bits per heavy atom. The summed E-state index contributed by atoms with van der Waals surface area (Å²) in [5.74, 6) is 0.0631. The number of benzene rings is 1. The molecule has 1 aromatic heterocycles. The molecule has 0 aliphatic carbocycles. The van der Waals surface area contributed by atoms with Gasteiger partial charge in [-0.2, -0.15) is 0 Å². The van der Waals surface area contributed by atoms with E-state index >= 15 is 0 Å². The van der Waals surface area contributed by atoms with Crippen LogP contribution in [0.3, 0.4) is 0 Å². The van der Waals surface area contributed by atoms with Crippen molar-refractivity contribution >= 4 is 17.7 Å². The maximum atomic E-state index is 10.9. The lowest BCUT2D eigenvalue weighted by atomic mass is 10.1. The number of carboxylic acids is 1. The van der Waals surface area contributed by atoms with Gasteiger partial charge in [-0.25, -0.2) is 0 Å². The lowest BCUT2D eigenvalue weighted by Crippen LogP contribution is -2.05. The summed E-state index contributed by atoms with van der Waals surface area (Å²) in [5.41, 5.74) is 0.989. The third-order valence-electron chi connectivity index (χ3n) is 5.04. The predicted octanol–water partition coefficient (Wildman–Crippen LogP) is 6.30. The number of aliphatic carboxylic acids is 1. The van der Waals surface area contributed by atoms with Crippen molar-refractivity contribution in [3.8, 4) is 5.69 Å². The van der Waals surface area contributed by atoms with Crippen LogP contribution < -0.4 is 0 Å². The fourth-order valence-corrected chi connectivity index (χ4v) is 4.16. The quantitative estimate of drug-likeness (QED) is 0.256. The molecular weight excluding hydrogens is 382 g/mol. The summed E-state index contributed by atoms with van der Waals surface area (Å²) < 4.78 is 2.00. The van der Waals surface area contributed by atoms with Crippen molar-refractivity contribution in [2.24, 2.45) is 0 Å². The minimum atomic E-state index is -0.843. The first kappa shape index (κ1) is 23.5. The molecule has 6 heteroatoms. The lowest BCUT2D eigenvalue weighted by Gasteiger charge is -2.09. The summed E-state index contributed by atoms with van der Waals surface area (Å²) >= 11 is 1.22. The average molecular weight is 418 g/mol. The Morgan fingerprint density at radius 2 is 1.48 bits per heavy atom. The van der Waals surface area contributed by atoms with Crippen LogP contribution in [0.25, 0.3) is 5.69 Å². The summed E-state index contributed by atoms with van der Waals surface area (Å²) in [5, 5.41) is 18.2. The molecule has 1 aromatic carbocycles. The number of rotatable bonds is 16. The highest BCUT2D eigenvalue weighted by Crippen LogP contribution is 2.23. The smallest absolute Gasteiger partial charge is 0.313 e. The van der Waals surface area contributed by atoms with Crippen LogP contribution in [-0.4, -0.2) is 31.6 Å². The van der Waals surface area contributed by atoms with E-state index < -0.39 is 5.97 Å². The molecule has 160 valence electrons. The number of para-hydroxylation sites is 1.